The Labute approximate surface area is 191 Å². The van der Waals surface area contributed by atoms with Gasteiger partial charge in [0.15, 0.2) is 5.82 Å². The Kier molecular flexibility index (Phi) is 6.21. The number of aryl methyl sites for hydroxylation is 1. The van der Waals surface area contributed by atoms with Crippen LogP contribution in [0.1, 0.15) is 46.3 Å². The van der Waals surface area contributed by atoms with Crippen LogP contribution in [0.25, 0.3) is 0 Å². The minimum atomic E-state index is -0.458. The molecule has 1 aliphatic heterocycles. The van der Waals surface area contributed by atoms with Crippen LogP contribution < -0.4 is 10.2 Å². The lowest BCUT2D eigenvalue weighted by molar-refractivity contribution is -0.384. The maximum atomic E-state index is 12.8. The lowest BCUT2D eigenvalue weighted by Crippen LogP contribution is -2.34. The molecule has 0 bridgehead atoms. The zero-order valence-corrected chi connectivity index (χ0v) is 18.5. The van der Waals surface area contributed by atoms with E-state index in [4.69, 9.17) is 0 Å². The Balaban J connectivity index is 1.50. The van der Waals surface area contributed by atoms with E-state index in [0.717, 1.165) is 25.9 Å². The number of anilines is 2. The molecule has 1 saturated heterocycles. The number of amides is 1. The van der Waals surface area contributed by atoms with Gasteiger partial charge in [-0.15, -0.1) is 0 Å². The van der Waals surface area contributed by atoms with Gasteiger partial charge in [0.05, 0.1) is 4.92 Å². The van der Waals surface area contributed by atoms with Gasteiger partial charge in [-0.05, 0) is 55.2 Å². The number of nitrogens with zero attached hydrogens (tertiary/aromatic N) is 4. The van der Waals surface area contributed by atoms with Crippen LogP contribution in [0.15, 0.2) is 54.9 Å². The normalized spacial score (nSPS) is 15.8. The number of rotatable bonds is 6. The third-order valence-corrected chi connectivity index (χ3v) is 5.86. The number of piperidine rings is 1. The molecule has 33 heavy (non-hydrogen) atoms. The fourth-order valence-electron chi connectivity index (χ4n) is 4.11. The number of nitro benzene ring substituents is 1. The molecule has 0 aliphatic carbocycles. The molecular formula is C24H25N5O4. The monoisotopic (exact) mass is 447 g/mol. The van der Waals surface area contributed by atoms with Crippen molar-refractivity contribution in [3.63, 3.8) is 0 Å². The van der Waals surface area contributed by atoms with Gasteiger partial charge in [-0.2, -0.15) is 0 Å². The fourth-order valence-corrected chi connectivity index (χ4v) is 4.11. The third kappa shape index (κ3) is 4.77. The summed E-state index contributed by atoms with van der Waals surface area (Å²) in [5.41, 5.74) is 1.59. The molecule has 0 spiro atoms. The van der Waals surface area contributed by atoms with Gasteiger partial charge < -0.3 is 14.8 Å². The minimum Gasteiger partial charge on any atom is -0.366 e. The minimum absolute atomic E-state index is 0.0761. The van der Waals surface area contributed by atoms with Gasteiger partial charge in [-0.25, -0.2) is 4.98 Å². The van der Waals surface area contributed by atoms with Crippen molar-refractivity contribution in [1.82, 2.24) is 9.55 Å². The molecule has 1 fully saturated rings. The zero-order chi connectivity index (χ0) is 23.5. The van der Waals surface area contributed by atoms with E-state index in [1.807, 2.05) is 4.90 Å². The number of ketones is 1. The Morgan fingerprint density at radius 1 is 1.15 bits per heavy atom. The van der Waals surface area contributed by atoms with Crippen molar-refractivity contribution < 1.29 is 14.5 Å². The smallest absolute Gasteiger partial charge is 0.293 e. The first-order valence-electron chi connectivity index (χ1n) is 10.8. The number of carbonyl (C=O) groups is 2. The maximum absolute atomic E-state index is 12.8. The molecule has 1 atom stereocenters. The van der Waals surface area contributed by atoms with Gasteiger partial charge >= 0.3 is 0 Å². The van der Waals surface area contributed by atoms with Gasteiger partial charge in [-0.1, -0.05) is 6.92 Å². The Hall–Kier alpha value is -4.01. The van der Waals surface area contributed by atoms with E-state index < -0.39 is 10.8 Å². The van der Waals surface area contributed by atoms with E-state index in [9.17, 15) is 19.7 Å². The van der Waals surface area contributed by atoms with Gasteiger partial charge in [0, 0.05) is 55.4 Å². The first kappa shape index (κ1) is 22.2. The summed E-state index contributed by atoms with van der Waals surface area (Å²) >= 11 is 0. The lowest BCUT2D eigenvalue weighted by Gasteiger charge is -2.32. The van der Waals surface area contributed by atoms with Crippen molar-refractivity contribution in [2.24, 2.45) is 13.0 Å². The highest BCUT2D eigenvalue weighted by atomic mass is 16.6. The molecule has 2 heterocycles. The van der Waals surface area contributed by atoms with Crippen LogP contribution in [0, 0.1) is 16.0 Å². The molecule has 170 valence electrons. The zero-order valence-electron chi connectivity index (χ0n) is 18.5. The Bertz CT molecular complexity index is 1200. The molecule has 1 N–H and O–H groups in total. The number of carbonyl (C=O) groups excluding carboxylic acids is 2. The average molecular weight is 447 g/mol. The van der Waals surface area contributed by atoms with Crippen molar-refractivity contribution in [2.75, 3.05) is 23.3 Å². The van der Waals surface area contributed by atoms with E-state index >= 15 is 0 Å². The lowest BCUT2D eigenvalue weighted by atomic mass is 9.99. The van der Waals surface area contributed by atoms with Crippen LogP contribution in [0.5, 0.6) is 0 Å². The number of hydrogen-bond donors (Lipinski definition) is 1. The molecule has 2 aromatic carbocycles. The van der Waals surface area contributed by atoms with Crippen molar-refractivity contribution in [3.8, 4) is 0 Å². The molecule has 9 heteroatoms. The molecule has 0 saturated carbocycles. The largest absolute Gasteiger partial charge is 0.366 e. The van der Waals surface area contributed by atoms with Crippen molar-refractivity contribution in [2.45, 2.75) is 19.8 Å². The first-order valence-corrected chi connectivity index (χ1v) is 10.8. The van der Waals surface area contributed by atoms with E-state index in [1.54, 1.807) is 60.4 Å². The number of hydrogen-bond acceptors (Lipinski definition) is 6. The van der Waals surface area contributed by atoms with E-state index in [1.165, 1.54) is 6.07 Å². The highest BCUT2D eigenvalue weighted by Gasteiger charge is 2.25. The maximum Gasteiger partial charge on any atom is 0.293 e. The molecule has 1 unspecified atom stereocenters. The summed E-state index contributed by atoms with van der Waals surface area (Å²) in [5, 5.41) is 14.4. The molecule has 9 nitrogen and oxygen atoms in total. The number of nitrogens with one attached hydrogen (secondary N) is 1. The predicted octanol–water partition coefficient (Wildman–Crippen LogP) is 4.05. The van der Waals surface area contributed by atoms with Crippen LogP contribution >= 0.6 is 0 Å². The van der Waals surface area contributed by atoms with Crippen LogP contribution in [-0.2, 0) is 7.05 Å². The van der Waals surface area contributed by atoms with Gasteiger partial charge in [0.2, 0.25) is 5.78 Å². The molecule has 1 aromatic heterocycles. The summed E-state index contributed by atoms with van der Waals surface area (Å²) in [5.74, 6) is 0.106. The third-order valence-electron chi connectivity index (χ3n) is 5.86. The van der Waals surface area contributed by atoms with Crippen molar-refractivity contribution in [1.29, 1.82) is 0 Å². The summed E-state index contributed by atoms with van der Waals surface area (Å²) in [6, 6.07) is 11.0. The molecule has 1 aliphatic rings. The SMILES string of the molecule is CC1CCCN(c2ccc(C(=O)Nc3ccc(C(=O)c4nccn4C)cc3)cc2[N+](=O)[O-])C1. The van der Waals surface area contributed by atoms with E-state index in [-0.39, 0.29) is 17.0 Å². The summed E-state index contributed by atoms with van der Waals surface area (Å²) in [6.07, 6.45) is 5.34. The highest BCUT2D eigenvalue weighted by molar-refractivity contribution is 6.08. The second-order valence-corrected chi connectivity index (χ2v) is 8.38. The summed E-state index contributed by atoms with van der Waals surface area (Å²) in [7, 11) is 1.74. The van der Waals surface area contributed by atoms with Crippen LogP contribution in [-0.4, -0.2) is 39.3 Å². The molecule has 0 radical (unpaired) electrons. The Morgan fingerprint density at radius 2 is 1.88 bits per heavy atom. The Morgan fingerprint density at radius 3 is 2.52 bits per heavy atom. The molecule has 3 aromatic rings. The number of nitro groups is 1. The first-order chi connectivity index (χ1) is 15.8. The van der Waals surface area contributed by atoms with Crippen molar-refractivity contribution >= 4 is 28.8 Å². The summed E-state index contributed by atoms with van der Waals surface area (Å²) < 4.78 is 1.64. The summed E-state index contributed by atoms with van der Waals surface area (Å²) in [4.78, 5) is 42.6. The highest BCUT2D eigenvalue weighted by Crippen LogP contribution is 2.32. The van der Waals surface area contributed by atoms with Crippen LogP contribution in [0.3, 0.4) is 0 Å². The quantitative estimate of drug-likeness (QED) is 0.347. The van der Waals surface area contributed by atoms with Gasteiger partial charge in [0.25, 0.3) is 11.6 Å². The van der Waals surface area contributed by atoms with Gasteiger partial charge in [0.1, 0.15) is 5.69 Å². The molecule has 4 rings (SSSR count). The van der Waals surface area contributed by atoms with E-state index in [2.05, 4.69) is 17.2 Å². The summed E-state index contributed by atoms with van der Waals surface area (Å²) in [6.45, 7) is 3.66. The number of imidazole rings is 1. The average Bonchev–Trinajstić information content (AvgIpc) is 3.24. The number of aromatic nitrogens is 2. The standard InChI is InChI=1S/C24H25N5O4/c1-16-4-3-12-28(15-16)20-10-7-18(14-21(20)29(32)33)24(31)26-19-8-5-17(6-9-19)22(30)23-25-11-13-27(23)2/h5-11,13-14,16H,3-4,12,15H2,1-2H3,(H,26,31). The van der Waals surface area contributed by atoms with E-state index in [0.29, 0.717) is 28.7 Å². The topological polar surface area (TPSA) is 110 Å². The second kappa shape index (κ2) is 9.23. The molecule has 1 amide bonds. The fraction of sp³-hybridized carbons (Fsp3) is 0.292. The van der Waals surface area contributed by atoms with Crippen LogP contribution in [0.2, 0.25) is 0 Å². The van der Waals surface area contributed by atoms with Crippen LogP contribution in [0.4, 0.5) is 17.1 Å². The predicted molar refractivity (Wildman–Crippen MR) is 125 cm³/mol. The van der Waals surface area contributed by atoms with Crippen molar-refractivity contribution in [3.05, 3.63) is 81.9 Å². The van der Waals surface area contributed by atoms with Gasteiger partial charge in [-0.3, -0.25) is 19.7 Å². The second-order valence-electron chi connectivity index (χ2n) is 8.38. The number of benzene rings is 2. The molecular weight excluding hydrogens is 422 g/mol.